The summed E-state index contributed by atoms with van der Waals surface area (Å²) in [6.07, 6.45) is 0.104. The van der Waals surface area contributed by atoms with E-state index in [1.165, 1.54) is 5.69 Å². The molecule has 0 bridgehead atoms. The molecule has 5 nitrogen and oxygen atoms in total. The van der Waals surface area contributed by atoms with Crippen molar-refractivity contribution in [3.8, 4) is 0 Å². The molecule has 1 fully saturated rings. The lowest BCUT2D eigenvalue weighted by Crippen LogP contribution is -2.59. The van der Waals surface area contributed by atoms with E-state index in [0.717, 1.165) is 26.2 Å². The standard InChI is InChI=1S/C14H20N4O/c1-11-9-16-14(19-11)18-8-7-17(10-13(18)15)12-5-3-2-4-6-12/h2-6,11,13H,7-10,15H2,1H3. The number of anilines is 1. The van der Waals surface area contributed by atoms with Gasteiger partial charge in [0.25, 0.3) is 6.02 Å². The lowest BCUT2D eigenvalue weighted by Gasteiger charge is -2.40. The Morgan fingerprint density at radius 3 is 2.68 bits per heavy atom. The summed E-state index contributed by atoms with van der Waals surface area (Å²) < 4.78 is 5.69. The molecule has 1 saturated heterocycles. The summed E-state index contributed by atoms with van der Waals surface area (Å²) in [5, 5.41) is 0. The SMILES string of the molecule is CC1CN=C(N2CCN(c3ccccc3)CC2N)O1. The lowest BCUT2D eigenvalue weighted by atomic mass is 10.2. The average Bonchev–Trinajstić information content (AvgIpc) is 2.86. The van der Waals surface area contributed by atoms with Crippen LogP contribution in [0.25, 0.3) is 0 Å². The van der Waals surface area contributed by atoms with Gasteiger partial charge in [0.15, 0.2) is 0 Å². The number of benzene rings is 1. The van der Waals surface area contributed by atoms with Crippen LogP contribution in [0, 0.1) is 0 Å². The van der Waals surface area contributed by atoms with Gasteiger partial charge in [-0.3, -0.25) is 0 Å². The summed E-state index contributed by atoms with van der Waals surface area (Å²) in [6, 6.07) is 11.1. The van der Waals surface area contributed by atoms with E-state index in [1.54, 1.807) is 0 Å². The predicted octanol–water partition coefficient (Wildman–Crippen LogP) is 0.868. The second-order valence-corrected chi connectivity index (χ2v) is 5.09. The Kier molecular flexibility index (Phi) is 3.29. The van der Waals surface area contributed by atoms with Gasteiger partial charge in [0.05, 0.1) is 19.3 Å². The number of nitrogens with two attached hydrogens (primary N) is 1. The first-order chi connectivity index (χ1) is 9.24. The van der Waals surface area contributed by atoms with Gasteiger partial charge in [-0.15, -0.1) is 0 Å². The highest BCUT2D eigenvalue weighted by molar-refractivity contribution is 5.76. The molecule has 3 rings (SSSR count). The van der Waals surface area contributed by atoms with E-state index in [4.69, 9.17) is 10.5 Å². The largest absolute Gasteiger partial charge is 0.460 e. The van der Waals surface area contributed by atoms with Crippen molar-refractivity contribution in [1.82, 2.24) is 4.90 Å². The first-order valence-corrected chi connectivity index (χ1v) is 6.77. The number of hydrogen-bond acceptors (Lipinski definition) is 5. The van der Waals surface area contributed by atoms with Gasteiger partial charge in [0.2, 0.25) is 0 Å². The number of hydrogen-bond donors (Lipinski definition) is 1. The van der Waals surface area contributed by atoms with E-state index in [1.807, 2.05) is 13.0 Å². The van der Waals surface area contributed by atoms with E-state index in [9.17, 15) is 0 Å². The summed E-state index contributed by atoms with van der Waals surface area (Å²) in [5.41, 5.74) is 7.48. The molecular weight excluding hydrogens is 240 g/mol. The van der Waals surface area contributed by atoms with Gasteiger partial charge < -0.3 is 20.3 Å². The zero-order valence-corrected chi connectivity index (χ0v) is 11.2. The minimum atomic E-state index is -0.0713. The fraction of sp³-hybridized carbons (Fsp3) is 0.500. The van der Waals surface area contributed by atoms with Gasteiger partial charge in [-0.1, -0.05) is 18.2 Å². The molecule has 2 aliphatic rings. The number of rotatable bonds is 1. The van der Waals surface area contributed by atoms with Crippen LogP contribution in [0.4, 0.5) is 5.69 Å². The molecule has 0 spiro atoms. The van der Waals surface area contributed by atoms with E-state index in [-0.39, 0.29) is 12.3 Å². The zero-order chi connectivity index (χ0) is 13.2. The molecule has 1 aromatic rings. The van der Waals surface area contributed by atoms with Gasteiger partial charge in [-0.05, 0) is 19.1 Å². The number of nitrogens with zero attached hydrogens (tertiary/aromatic N) is 3. The fourth-order valence-electron chi connectivity index (χ4n) is 2.54. The molecule has 2 atom stereocenters. The van der Waals surface area contributed by atoms with Crippen molar-refractivity contribution in [2.45, 2.75) is 19.2 Å². The molecule has 2 N–H and O–H groups in total. The second-order valence-electron chi connectivity index (χ2n) is 5.09. The van der Waals surface area contributed by atoms with E-state index in [2.05, 4.69) is 39.1 Å². The molecule has 1 aromatic carbocycles. The highest BCUT2D eigenvalue weighted by Gasteiger charge is 2.30. The van der Waals surface area contributed by atoms with Crippen molar-refractivity contribution in [1.29, 1.82) is 0 Å². The van der Waals surface area contributed by atoms with Crippen molar-refractivity contribution in [2.24, 2.45) is 10.7 Å². The van der Waals surface area contributed by atoms with E-state index >= 15 is 0 Å². The first-order valence-electron chi connectivity index (χ1n) is 6.77. The summed E-state index contributed by atoms with van der Waals surface area (Å²) in [7, 11) is 0. The summed E-state index contributed by atoms with van der Waals surface area (Å²) >= 11 is 0. The van der Waals surface area contributed by atoms with Gasteiger partial charge in [0.1, 0.15) is 6.10 Å². The van der Waals surface area contributed by atoms with Crippen molar-refractivity contribution < 1.29 is 4.74 Å². The summed E-state index contributed by atoms with van der Waals surface area (Å²) in [4.78, 5) is 8.79. The Hall–Kier alpha value is -1.75. The molecule has 2 unspecified atom stereocenters. The third kappa shape index (κ3) is 2.51. The predicted molar refractivity (Wildman–Crippen MR) is 76.2 cm³/mol. The van der Waals surface area contributed by atoms with Crippen LogP contribution in [0.15, 0.2) is 35.3 Å². The van der Waals surface area contributed by atoms with Crippen LogP contribution in [0.3, 0.4) is 0 Å². The molecule has 19 heavy (non-hydrogen) atoms. The minimum absolute atomic E-state index is 0.0713. The van der Waals surface area contributed by atoms with Crippen LogP contribution in [0.5, 0.6) is 0 Å². The fourth-order valence-corrected chi connectivity index (χ4v) is 2.54. The van der Waals surface area contributed by atoms with Crippen molar-refractivity contribution >= 4 is 11.7 Å². The third-order valence-corrected chi connectivity index (χ3v) is 3.58. The van der Waals surface area contributed by atoms with Crippen LogP contribution in [0.1, 0.15) is 6.92 Å². The minimum Gasteiger partial charge on any atom is -0.460 e. The van der Waals surface area contributed by atoms with Crippen LogP contribution >= 0.6 is 0 Å². The topological polar surface area (TPSA) is 54.1 Å². The van der Waals surface area contributed by atoms with Crippen LogP contribution < -0.4 is 10.6 Å². The Bertz CT molecular complexity index is 462. The molecule has 102 valence electrons. The summed E-state index contributed by atoms with van der Waals surface area (Å²) in [5.74, 6) is 0. The number of ether oxygens (including phenoxy) is 1. The third-order valence-electron chi connectivity index (χ3n) is 3.58. The van der Waals surface area contributed by atoms with Gasteiger partial charge in [-0.2, -0.15) is 0 Å². The van der Waals surface area contributed by atoms with Gasteiger partial charge in [0, 0.05) is 18.8 Å². The maximum atomic E-state index is 6.26. The molecule has 0 amide bonds. The Balaban J connectivity index is 1.66. The highest BCUT2D eigenvalue weighted by atomic mass is 16.5. The lowest BCUT2D eigenvalue weighted by molar-refractivity contribution is 0.169. The molecule has 0 radical (unpaired) electrons. The Morgan fingerprint density at radius 2 is 2.05 bits per heavy atom. The second kappa shape index (κ2) is 5.09. The monoisotopic (exact) mass is 260 g/mol. The van der Waals surface area contributed by atoms with Crippen LogP contribution in [-0.2, 0) is 4.74 Å². The van der Waals surface area contributed by atoms with Gasteiger partial charge in [-0.25, -0.2) is 4.99 Å². The Morgan fingerprint density at radius 1 is 1.26 bits per heavy atom. The quantitative estimate of drug-likeness (QED) is 0.814. The van der Waals surface area contributed by atoms with E-state index in [0.29, 0.717) is 6.02 Å². The maximum absolute atomic E-state index is 6.26. The number of para-hydroxylation sites is 1. The maximum Gasteiger partial charge on any atom is 0.289 e. The molecule has 5 heteroatoms. The highest BCUT2D eigenvalue weighted by Crippen LogP contribution is 2.19. The first kappa shape index (κ1) is 12.3. The Labute approximate surface area is 113 Å². The van der Waals surface area contributed by atoms with E-state index < -0.39 is 0 Å². The number of aliphatic imine (C=N–C) groups is 1. The van der Waals surface area contributed by atoms with Crippen molar-refractivity contribution in [2.75, 3.05) is 31.1 Å². The normalized spacial score (nSPS) is 27.2. The number of piperazine rings is 1. The smallest absolute Gasteiger partial charge is 0.289 e. The van der Waals surface area contributed by atoms with Crippen molar-refractivity contribution in [3.05, 3.63) is 30.3 Å². The van der Waals surface area contributed by atoms with Crippen LogP contribution in [0.2, 0.25) is 0 Å². The molecule has 2 aliphatic heterocycles. The van der Waals surface area contributed by atoms with Crippen LogP contribution in [-0.4, -0.2) is 49.4 Å². The number of amidine groups is 1. The summed E-state index contributed by atoms with van der Waals surface area (Å²) in [6.45, 7) is 5.35. The molecule has 0 aliphatic carbocycles. The average molecular weight is 260 g/mol. The zero-order valence-electron chi connectivity index (χ0n) is 11.2. The van der Waals surface area contributed by atoms with Crippen molar-refractivity contribution in [3.63, 3.8) is 0 Å². The molecule has 0 saturated carbocycles. The molecule has 0 aromatic heterocycles. The molecule has 2 heterocycles. The molecular formula is C14H20N4O. The van der Waals surface area contributed by atoms with Gasteiger partial charge >= 0.3 is 0 Å².